The highest BCUT2D eigenvalue weighted by atomic mass is 16.5. The van der Waals surface area contributed by atoms with Gasteiger partial charge in [0.05, 0.1) is 12.5 Å². The molecule has 0 unspecified atom stereocenters. The first kappa shape index (κ1) is 17.4. The summed E-state index contributed by atoms with van der Waals surface area (Å²) in [4.78, 5) is 19.3. The predicted octanol–water partition coefficient (Wildman–Crippen LogP) is 0.902. The molecule has 3 rings (SSSR count). The number of nitrogens with zero attached hydrogens (tertiary/aromatic N) is 4. The van der Waals surface area contributed by atoms with Gasteiger partial charge in [-0.05, 0) is 46.1 Å². The molecule has 3 heterocycles. The van der Waals surface area contributed by atoms with Crippen LogP contribution in [0.5, 0.6) is 0 Å². The average molecular weight is 335 g/mol. The molecule has 2 aliphatic rings. The summed E-state index contributed by atoms with van der Waals surface area (Å²) in [6, 6.07) is 0.593. The van der Waals surface area contributed by atoms with E-state index in [2.05, 4.69) is 20.3 Å². The smallest absolute Gasteiger partial charge is 0.224 e. The van der Waals surface area contributed by atoms with E-state index in [-0.39, 0.29) is 11.8 Å². The Kier molecular flexibility index (Phi) is 5.84. The Balaban J connectivity index is 1.45. The Bertz CT molecular complexity index is 553. The number of hydrogen-bond donors (Lipinski definition) is 1. The first-order valence-corrected chi connectivity index (χ1v) is 9.11. The average Bonchev–Trinajstić information content (AvgIpc) is 2.93. The number of aryl methyl sites for hydroxylation is 2. The van der Waals surface area contributed by atoms with Crippen LogP contribution < -0.4 is 5.32 Å². The minimum Gasteiger partial charge on any atom is -0.381 e. The Morgan fingerprint density at radius 3 is 2.79 bits per heavy atom. The summed E-state index contributed by atoms with van der Waals surface area (Å²) in [6.07, 6.45) is 4.29. The van der Waals surface area contributed by atoms with Crippen LogP contribution in [-0.4, -0.2) is 64.5 Å². The van der Waals surface area contributed by atoms with Crippen LogP contribution in [0, 0.1) is 19.8 Å². The van der Waals surface area contributed by atoms with Crippen LogP contribution in [0.3, 0.4) is 0 Å². The lowest BCUT2D eigenvalue weighted by Crippen LogP contribution is -2.49. The molecule has 0 spiro atoms. The predicted molar refractivity (Wildman–Crippen MR) is 90.6 cm³/mol. The third-order valence-electron chi connectivity index (χ3n) is 5.12. The maximum atomic E-state index is 12.5. The highest BCUT2D eigenvalue weighted by Gasteiger charge is 2.30. The van der Waals surface area contributed by atoms with Crippen LogP contribution in [0.4, 0.5) is 0 Å². The summed E-state index contributed by atoms with van der Waals surface area (Å²) >= 11 is 0. The topological polar surface area (TPSA) is 72.3 Å². The number of rotatable bonds is 5. The van der Waals surface area contributed by atoms with Crippen molar-refractivity contribution >= 4 is 5.91 Å². The molecule has 0 aliphatic carbocycles. The van der Waals surface area contributed by atoms with E-state index < -0.39 is 0 Å². The van der Waals surface area contributed by atoms with E-state index >= 15 is 0 Å². The lowest BCUT2D eigenvalue weighted by Gasteiger charge is -2.39. The molecule has 7 heteroatoms. The van der Waals surface area contributed by atoms with Gasteiger partial charge in [0.25, 0.3) is 0 Å². The third-order valence-corrected chi connectivity index (χ3v) is 5.12. The van der Waals surface area contributed by atoms with Gasteiger partial charge in [-0.2, -0.15) is 5.10 Å². The summed E-state index contributed by atoms with van der Waals surface area (Å²) in [5.41, 5.74) is 0. The van der Waals surface area contributed by atoms with E-state index in [1.54, 1.807) is 0 Å². The molecule has 7 nitrogen and oxygen atoms in total. The van der Waals surface area contributed by atoms with Gasteiger partial charge in [-0.25, -0.2) is 9.67 Å². The number of nitrogens with one attached hydrogen (secondary N) is 1. The molecule has 0 radical (unpaired) electrons. The van der Waals surface area contributed by atoms with Crippen molar-refractivity contribution in [2.75, 3.05) is 32.8 Å². The first-order valence-electron chi connectivity index (χ1n) is 9.11. The molecule has 0 aromatic carbocycles. The van der Waals surface area contributed by atoms with Crippen molar-refractivity contribution in [1.29, 1.82) is 0 Å². The Hall–Kier alpha value is -1.47. The number of likely N-dealkylation sites (tertiary alicyclic amines) is 1. The van der Waals surface area contributed by atoms with E-state index in [1.807, 2.05) is 18.5 Å². The van der Waals surface area contributed by atoms with Gasteiger partial charge in [0.2, 0.25) is 5.91 Å². The van der Waals surface area contributed by atoms with E-state index in [9.17, 15) is 4.79 Å². The number of ether oxygens (including phenoxy) is 1. The first-order chi connectivity index (χ1) is 11.6. The van der Waals surface area contributed by atoms with Crippen LogP contribution in [0.2, 0.25) is 0 Å². The monoisotopic (exact) mass is 335 g/mol. The summed E-state index contributed by atoms with van der Waals surface area (Å²) in [7, 11) is 0. The molecule has 2 aliphatic heterocycles. The van der Waals surface area contributed by atoms with Crippen molar-refractivity contribution < 1.29 is 9.53 Å². The molecule has 1 amide bonds. The van der Waals surface area contributed by atoms with Gasteiger partial charge in [0.1, 0.15) is 11.6 Å². The molecule has 0 bridgehead atoms. The van der Waals surface area contributed by atoms with Gasteiger partial charge in [0.15, 0.2) is 0 Å². The molecule has 0 saturated carbocycles. The number of piperidine rings is 1. The van der Waals surface area contributed by atoms with Crippen LogP contribution in [0.15, 0.2) is 0 Å². The lowest BCUT2D eigenvalue weighted by atomic mass is 9.94. The second-order valence-electron chi connectivity index (χ2n) is 6.90. The van der Waals surface area contributed by atoms with Crippen LogP contribution in [0.25, 0.3) is 0 Å². The lowest BCUT2D eigenvalue weighted by molar-refractivity contribution is -0.127. The van der Waals surface area contributed by atoms with Gasteiger partial charge >= 0.3 is 0 Å². The number of hydrogen-bond acceptors (Lipinski definition) is 5. The maximum Gasteiger partial charge on any atom is 0.224 e. The number of amides is 1. The van der Waals surface area contributed by atoms with E-state index in [0.717, 1.165) is 63.6 Å². The fourth-order valence-corrected chi connectivity index (χ4v) is 3.80. The Labute approximate surface area is 143 Å². The van der Waals surface area contributed by atoms with E-state index in [4.69, 9.17) is 4.74 Å². The largest absolute Gasteiger partial charge is 0.381 e. The number of carbonyl (C=O) groups is 1. The molecule has 134 valence electrons. The van der Waals surface area contributed by atoms with E-state index in [0.29, 0.717) is 19.1 Å². The highest BCUT2D eigenvalue weighted by molar-refractivity contribution is 5.78. The zero-order valence-electron chi connectivity index (χ0n) is 14.8. The van der Waals surface area contributed by atoms with Crippen molar-refractivity contribution in [2.45, 2.75) is 52.1 Å². The van der Waals surface area contributed by atoms with Crippen LogP contribution in [0.1, 0.15) is 37.3 Å². The number of aromatic nitrogens is 3. The molecule has 1 N–H and O–H groups in total. The maximum absolute atomic E-state index is 12.5. The van der Waals surface area contributed by atoms with Gasteiger partial charge in [0, 0.05) is 32.3 Å². The molecule has 24 heavy (non-hydrogen) atoms. The zero-order valence-corrected chi connectivity index (χ0v) is 14.8. The molecule has 2 saturated heterocycles. The normalized spacial score (nSPS) is 23.3. The molecule has 1 aromatic rings. The van der Waals surface area contributed by atoms with Crippen molar-refractivity contribution in [2.24, 2.45) is 5.92 Å². The highest BCUT2D eigenvalue weighted by Crippen LogP contribution is 2.23. The fraction of sp³-hybridized carbons (Fsp3) is 0.824. The summed E-state index contributed by atoms with van der Waals surface area (Å²) in [5.74, 6) is 1.96. The van der Waals surface area contributed by atoms with Crippen LogP contribution >= 0.6 is 0 Å². The Morgan fingerprint density at radius 2 is 2.08 bits per heavy atom. The second-order valence-corrected chi connectivity index (χ2v) is 6.90. The Morgan fingerprint density at radius 1 is 1.29 bits per heavy atom. The van der Waals surface area contributed by atoms with Crippen molar-refractivity contribution in [3.05, 3.63) is 11.6 Å². The quantitative estimate of drug-likeness (QED) is 0.866. The second kappa shape index (κ2) is 8.07. The van der Waals surface area contributed by atoms with Gasteiger partial charge in [-0.3, -0.25) is 9.69 Å². The molecular weight excluding hydrogens is 306 g/mol. The van der Waals surface area contributed by atoms with Gasteiger partial charge in [-0.1, -0.05) is 0 Å². The minimum absolute atomic E-state index is 0.111. The summed E-state index contributed by atoms with van der Waals surface area (Å²) in [6.45, 7) is 8.82. The molecule has 1 aromatic heterocycles. The van der Waals surface area contributed by atoms with Crippen molar-refractivity contribution in [3.8, 4) is 0 Å². The molecular formula is C17H29N5O2. The van der Waals surface area contributed by atoms with Crippen LogP contribution in [-0.2, 0) is 16.1 Å². The summed E-state index contributed by atoms with van der Waals surface area (Å²) in [5, 5.41) is 7.41. The summed E-state index contributed by atoms with van der Waals surface area (Å²) < 4.78 is 7.30. The van der Waals surface area contributed by atoms with E-state index in [1.165, 1.54) is 0 Å². The van der Waals surface area contributed by atoms with Crippen molar-refractivity contribution in [3.63, 3.8) is 0 Å². The SMILES string of the molecule is Cc1nc(C)n(CCNC(=O)[C@@H]2CCCN(C3CCOCC3)C2)n1. The third kappa shape index (κ3) is 4.33. The standard InChI is InChI=1S/C17H29N5O2/c1-13-19-14(2)22(20-13)9-7-18-17(23)15-4-3-8-21(12-15)16-5-10-24-11-6-16/h15-16H,3-12H2,1-2H3,(H,18,23)/t15-/m1/s1. The van der Waals surface area contributed by atoms with Gasteiger partial charge in [-0.15, -0.1) is 0 Å². The van der Waals surface area contributed by atoms with Gasteiger partial charge < -0.3 is 10.1 Å². The number of carbonyl (C=O) groups excluding carboxylic acids is 1. The minimum atomic E-state index is 0.111. The molecule has 1 atom stereocenters. The zero-order chi connectivity index (χ0) is 16.9. The fourth-order valence-electron chi connectivity index (χ4n) is 3.80. The molecule has 2 fully saturated rings. The van der Waals surface area contributed by atoms with Crippen molar-refractivity contribution in [1.82, 2.24) is 25.0 Å².